The van der Waals surface area contributed by atoms with Crippen molar-refractivity contribution >= 4 is 28.9 Å². The van der Waals surface area contributed by atoms with Crippen molar-refractivity contribution in [2.24, 2.45) is 5.92 Å². The number of anilines is 1. The van der Waals surface area contributed by atoms with Crippen molar-refractivity contribution in [3.63, 3.8) is 0 Å². The third-order valence-electron chi connectivity index (χ3n) is 4.67. The van der Waals surface area contributed by atoms with Gasteiger partial charge in [-0.1, -0.05) is 11.6 Å². The van der Waals surface area contributed by atoms with E-state index in [1.165, 1.54) is 18.9 Å². The Labute approximate surface area is 144 Å². The van der Waals surface area contributed by atoms with Crippen LogP contribution >= 0.6 is 11.6 Å². The molecule has 0 bridgehead atoms. The van der Waals surface area contributed by atoms with E-state index in [1.807, 2.05) is 4.90 Å². The van der Waals surface area contributed by atoms with Crippen LogP contribution in [0.3, 0.4) is 0 Å². The molecule has 0 aromatic heterocycles. The highest BCUT2D eigenvalue weighted by Gasteiger charge is 2.37. The van der Waals surface area contributed by atoms with Gasteiger partial charge < -0.3 is 10.4 Å². The minimum atomic E-state index is -0.805. The fourth-order valence-corrected chi connectivity index (χ4v) is 3.32. The van der Waals surface area contributed by atoms with Gasteiger partial charge in [0, 0.05) is 29.7 Å². The predicted octanol–water partition coefficient (Wildman–Crippen LogP) is 2.99. The highest BCUT2D eigenvalue weighted by Crippen LogP contribution is 2.36. The molecule has 2 aliphatic rings. The predicted molar refractivity (Wildman–Crippen MR) is 90.5 cm³/mol. The summed E-state index contributed by atoms with van der Waals surface area (Å²) in [6.45, 7) is 0.903. The number of nitrogens with one attached hydrogen (secondary N) is 1. The summed E-state index contributed by atoms with van der Waals surface area (Å²) in [6.07, 6.45) is 3.95. The summed E-state index contributed by atoms with van der Waals surface area (Å²) >= 11 is 5.82. The summed E-state index contributed by atoms with van der Waals surface area (Å²) in [6, 6.07) is 4.92. The molecule has 0 saturated heterocycles. The Hall–Kier alpha value is -1.86. The number of nitro benzene ring substituents is 1. The average molecular weight is 354 g/mol. The van der Waals surface area contributed by atoms with Gasteiger partial charge in [-0.25, -0.2) is 0 Å². The first-order valence-electron chi connectivity index (χ1n) is 8.08. The minimum Gasteiger partial charge on any atom is -0.480 e. The number of carbonyl (C=O) groups is 1. The van der Waals surface area contributed by atoms with Gasteiger partial charge in [-0.05, 0) is 43.7 Å². The van der Waals surface area contributed by atoms with Gasteiger partial charge >= 0.3 is 5.97 Å². The van der Waals surface area contributed by atoms with Crippen LogP contribution in [-0.4, -0.2) is 46.1 Å². The maximum Gasteiger partial charge on any atom is 0.317 e. The summed E-state index contributed by atoms with van der Waals surface area (Å²) in [5.74, 6) is -0.172. The normalized spacial score (nSPS) is 22.9. The topological polar surface area (TPSA) is 95.7 Å². The zero-order valence-electron chi connectivity index (χ0n) is 13.2. The van der Waals surface area contributed by atoms with E-state index >= 15 is 0 Å². The molecule has 1 aromatic carbocycles. The smallest absolute Gasteiger partial charge is 0.317 e. The standard InChI is InChI=1S/C16H20ClN3O4/c17-11-3-4-14(15(5-11)20(23)24)18-12-6-13(7-12)19(9-16(21)22)8-10-1-2-10/h3-5,10,12-13,18H,1-2,6-9H2,(H,21,22). The van der Waals surface area contributed by atoms with E-state index in [9.17, 15) is 14.9 Å². The number of hydrogen-bond donors (Lipinski definition) is 2. The van der Waals surface area contributed by atoms with Crippen LogP contribution in [0.4, 0.5) is 11.4 Å². The molecule has 0 radical (unpaired) electrons. The summed E-state index contributed by atoms with van der Waals surface area (Å²) in [5.41, 5.74) is 0.422. The number of hydrogen-bond acceptors (Lipinski definition) is 5. The van der Waals surface area contributed by atoms with Crippen LogP contribution in [0.1, 0.15) is 25.7 Å². The van der Waals surface area contributed by atoms with Gasteiger partial charge in [0.25, 0.3) is 5.69 Å². The van der Waals surface area contributed by atoms with Crippen molar-refractivity contribution in [3.05, 3.63) is 33.3 Å². The number of nitro groups is 1. The number of aliphatic carboxylic acids is 1. The molecule has 0 atom stereocenters. The lowest BCUT2D eigenvalue weighted by Gasteiger charge is -2.43. The molecule has 0 unspecified atom stereocenters. The molecule has 1 aromatic rings. The van der Waals surface area contributed by atoms with Gasteiger partial charge in [-0.15, -0.1) is 0 Å². The van der Waals surface area contributed by atoms with E-state index in [2.05, 4.69) is 5.32 Å². The second kappa shape index (κ2) is 6.94. The Morgan fingerprint density at radius 1 is 1.42 bits per heavy atom. The number of nitrogens with zero attached hydrogens (tertiary/aromatic N) is 2. The van der Waals surface area contributed by atoms with Crippen molar-refractivity contribution in [2.75, 3.05) is 18.4 Å². The van der Waals surface area contributed by atoms with Gasteiger partial charge in [0.2, 0.25) is 0 Å². The summed E-state index contributed by atoms with van der Waals surface area (Å²) in [5, 5.41) is 23.7. The van der Waals surface area contributed by atoms with Gasteiger partial charge in [-0.2, -0.15) is 0 Å². The molecule has 7 nitrogen and oxygen atoms in total. The molecule has 0 aliphatic heterocycles. The van der Waals surface area contributed by atoms with Gasteiger partial charge in [-0.3, -0.25) is 19.8 Å². The lowest BCUT2D eigenvalue weighted by molar-refractivity contribution is -0.384. The molecule has 3 rings (SSSR count). The zero-order chi connectivity index (χ0) is 17.3. The molecule has 24 heavy (non-hydrogen) atoms. The number of carboxylic acid groups (broad SMARTS) is 1. The molecule has 2 fully saturated rings. The Bertz CT molecular complexity index is 644. The molecular formula is C16H20ClN3O4. The first kappa shape index (κ1) is 17.0. The van der Waals surface area contributed by atoms with Crippen molar-refractivity contribution < 1.29 is 14.8 Å². The van der Waals surface area contributed by atoms with Crippen molar-refractivity contribution in [2.45, 2.75) is 37.8 Å². The first-order valence-corrected chi connectivity index (χ1v) is 8.46. The fourth-order valence-electron chi connectivity index (χ4n) is 3.15. The third kappa shape index (κ3) is 4.15. The SMILES string of the molecule is O=C(O)CN(CC1CC1)C1CC(Nc2ccc(Cl)cc2[N+](=O)[O-])C1. The second-order valence-corrected chi connectivity index (χ2v) is 7.09. The quantitative estimate of drug-likeness (QED) is 0.551. The van der Waals surface area contributed by atoms with Gasteiger partial charge in [0.15, 0.2) is 0 Å². The minimum absolute atomic E-state index is 0.0358. The molecule has 2 aliphatic carbocycles. The van der Waals surface area contributed by atoms with Crippen LogP contribution < -0.4 is 5.32 Å². The maximum absolute atomic E-state index is 11.1. The Morgan fingerprint density at radius 3 is 2.71 bits per heavy atom. The Morgan fingerprint density at radius 2 is 2.12 bits per heavy atom. The highest BCUT2D eigenvalue weighted by atomic mass is 35.5. The molecule has 0 heterocycles. The van der Waals surface area contributed by atoms with E-state index in [0.717, 1.165) is 19.4 Å². The van der Waals surface area contributed by atoms with Crippen molar-refractivity contribution in [3.8, 4) is 0 Å². The van der Waals surface area contributed by atoms with Crippen LogP contribution in [0.5, 0.6) is 0 Å². The number of benzene rings is 1. The van der Waals surface area contributed by atoms with Gasteiger partial charge in [0.1, 0.15) is 5.69 Å². The van der Waals surface area contributed by atoms with Crippen molar-refractivity contribution in [1.82, 2.24) is 4.90 Å². The van der Waals surface area contributed by atoms with E-state index in [-0.39, 0.29) is 24.3 Å². The van der Waals surface area contributed by atoms with Crippen LogP contribution in [0, 0.1) is 16.0 Å². The number of carboxylic acids is 1. The molecule has 8 heteroatoms. The number of halogens is 1. The van der Waals surface area contributed by atoms with E-state index in [0.29, 0.717) is 16.6 Å². The maximum atomic E-state index is 11.1. The zero-order valence-corrected chi connectivity index (χ0v) is 13.9. The molecule has 0 amide bonds. The molecule has 2 N–H and O–H groups in total. The van der Waals surface area contributed by atoms with Crippen LogP contribution in [0.25, 0.3) is 0 Å². The van der Waals surface area contributed by atoms with E-state index in [4.69, 9.17) is 16.7 Å². The summed E-state index contributed by atoms with van der Waals surface area (Å²) < 4.78 is 0. The van der Waals surface area contributed by atoms with E-state index < -0.39 is 10.9 Å². The third-order valence-corrected chi connectivity index (χ3v) is 4.91. The number of rotatable bonds is 8. The lowest BCUT2D eigenvalue weighted by Crippen LogP contribution is -2.52. The van der Waals surface area contributed by atoms with Crippen LogP contribution in [0.2, 0.25) is 5.02 Å². The molecular weight excluding hydrogens is 334 g/mol. The molecule has 130 valence electrons. The van der Waals surface area contributed by atoms with Crippen LogP contribution in [-0.2, 0) is 4.79 Å². The van der Waals surface area contributed by atoms with Crippen LogP contribution in [0.15, 0.2) is 18.2 Å². The highest BCUT2D eigenvalue weighted by molar-refractivity contribution is 6.30. The molecule has 2 saturated carbocycles. The molecule has 0 spiro atoms. The first-order chi connectivity index (χ1) is 11.4. The van der Waals surface area contributed by atoms with E-state index in [1.54, 1.807) is 12.1 Å². The second-order valence-electron chi connectivity index (χ2n) is 6.65. The summed E-state index contributed by atoms with van der Waals surface area (Å²) in [7, 11) is 0. The largest absolute Gasteiger partial charge is 0.480 e. The average Bonchev–Trinajstić information content (AvgIpc) is 3.26. The fraction of sp³-hybridized carbons (Fsp3) is 0.562. The van der Waals surface area contributed by atoms with Crippen molar-refractivity contribution in [1.29, 1.82) is 0 Å². The summed E-state index contributed by atoms with van der Waals surface area (Å²) in [4.78, 5) is 23.7. The van der Waals surface area contributed by atoms with Gasteiger partial charge in [0.05, 0.1) is 11.5 Å². The monoisotopic (exact) mass is 353 g/mol. The lowest BCUT2D eigenvalue weighted by atomic mass is 9.85. The Kier molecular flexibility index (Phi) is 4.91. The Balaban J connectivity index is 1.58.